The molecule has 0 aromatic heterocycles. The van der Waals surface area contributed by atoms with Crippen LogP contribution in [0.4, 0.5) is 0 Å². The van der Waals surface area contributed by atoms with Crippen molar-refractivity contribution in [3.05, 3.63) is 71.8 Å². The van der Waals surface area contributed by atoms with E-state index in [1.807, 2.05) is 60.7 Å². The Balaban J connectivity index is 2.46. The first-order valence-corrected chi connectivity index (χ1v) is 6.86. The molecule has 0 aliphatic heterocycles. The van der Waals surface area contributed by atoms with Crippen LogP contribution in [0, 0.1) is 11.3 Å². The minimum absolute atomic E-state index is 0.434. The van der Waals surface area contributed by atoms with Gasteiger partial charge in [0.2, 0.25) is 0 Å². The number of carbonyl (C=O) groups excluding carboxylic acids is 1. The number of fused-ring (bicyclic) bond motifs is 1. The lowest BCUT2D eigenvalue weighted by atomic mass is 10.0. The van der Waals surface area contributed by atoms with Crippen molar-refractivity contribution in [2.45, 2.75) is 0 Å². The molecular formula is C19H13NO2. The van der Waals surface area contributed by atoms with Crippen molar-refractivity contribution in [2.75, 3.05) is 7.11 Å². The van der Waals surface area contributed by atoms with E-state index in [1.165, 1.54) is 7.11 Å². The lowest BCUT2D eigenvalue weighted by Crippen LogP contribution is -2.02. The van der Waals surface area contributed by atoms with Crippen LogP contribution in [0.15, 0.2) is 60.7 Å². The van der Waals surface area contributed by atoms with Gasteiger partial charge < -0.3 is 4.74 Å². The van der Waals surface area contributed by atoms with Gasteiger partial charge in [-0.15, -0.1) is 0 Å². The number of hydrogen-bond donors (Lipinski definition) is 0. The number of hydrogen-bond acceptors (Lipinski definition) is 3. The van der Waals surface area contributed by atoms with Gasteiger partial charge in [-0.05, 0) is 11.1 Å². The largest absolute Gasteiger partial charge is 0.465 e. The highest BCUT2D eigenvalue weighted by molar-refractivity contribution is 6.09. The topological polar surface area (TPSA) is 50.1 Å². The van der Waals surface area contributed by atoms with Crippen LogP contribution in [-0.2, 0) is 4.74 Å². The van der Waals surface area contributed by atoms with Crippen LogP contribution in [0.3, 0.4) is 0 Å². The molecule has 0 atom stereocenters. The van der Waals surface area contributed by atoms with Gasteiger partial charge in [0, 0.05) is 11.1 Å². The molecule has 1 aromatic rings. The molecule has 0 bridgehead atoms. The molecule has 106 valence electrons. The standard InChI is InChI=1S/C19H13NO2/c1-22-19(21)18-15-11-7-3-6-10-14(15)16(12-20)17(18)13-8-4-2-5-9-13/h2-11H,1H3. The zero-order valence-electron chi connectivity index (χ0n) is 12.0. The Morgan fingerprint density at radius 3 is 2.14 bits per heavy atom. The van der Waals surface area contributed by atoms with Crippen molar-refractivity contribution in [1.29, 1.82) is 5.26 Å². The fourth-order valence-corrected chi connectivity index (χ4v) is 2.70. The number of esters is 1. The van der Waals surface area contributed by atoms with E-state index in [9.17, 15) is 10.1 Å². The maximum atomic E-state index is 12.3. The van der Waals surface area contributed by atoms with Crippen LogP contribution in [0.5, 0.6) is 0 Å². The van der Waals surface area contributed by atoms with Gasteiger partial charge >= 0.3 is 5.97 Å². The lowest BCUT2D eigenvalue weighted by molar-refractivity contribution is 0.0603. The smallest absolute Gasteiger partial charge is 0.339 e. The third-order valence-electron chi connectivity index (χ3n) is 3.64. The summed E-state index contributed by atoms with van der Waals surface area (Å²) in [5.41, 5.74) is 3.89. The van der Waals surface area contributed by atoms with E-state index < -0.39 is 5.97 Å². The second-order valence-corrected chi connectivity index (χ2v) is 4.83. The average Bonchev–Trinajstić information content (AvgIpc) is 2.71. The minimum Gasteiger partial charge on any atom is -0.465 e. The van der Waals surface area contributed by atoms with Gasteiger partial charge in [-0.3, -0.25) is 0 Å². The van der Waals surface area contributed by atoms with Crippen LogP contribution < -0.4 is 0 Å². The van der Waals surface area contributed by atoms with Crippen LogP contribution in [-0.4, -0.2) is 13.1 Å². The molecule has 0 amide bonds. The quantitative estimate of drug-likeness (QED) is 0.666. The monoisotopic (exact) mass is 287 g/mol. The maximum Gasteiger partial charge on any atom is 0.339 e. The summed E-state index contributed by atoms with van der Waals surface area (Å²) in [4.78, 5) is 12.3. The minimum atomic E-state index is -0.434. The molecule has 2 aliphatic carbocycles. The molecule has 22 heavy (non-hydrogen) atoms. The highest BCUT2D eigenvalue weighted by Crippen LogP contribution is 2.42. The Hall–Kier alpha value is -3.12. The van der Waals surface area contributed by atoms with Crippen molar-refractivity contribution >= 4 is 5.97 Å². The lowest BCUT2D eigenvalue weighted by Gasteiger charge is -2.04. The van der Waals surface area contributed by atoms with Crippen LogP contribution >= 0.6 is 0 Å². The third kappa shape index (κ3) is 2.11. The summed E-state index contributed by atoms with van der Waals surface area (Å²) in [6.45, 7) is 0. The molecule has 0 radical (unpaired) electrons. The number of rotatable bonds is 2. The normalized spacial score (nSPS) is 10.2. The highest BCUT2D eigenvalue weighted by Gasteiger charge is 2.28. The maximum absolute atomic E-state index is 12.3. The third-order valence-corrected chi connectivity index (χ3v) is 3.64. The van der Waals surface area contributed by atoms with Crippen molar-refractivity contribution in [3.63, 3.8) is 0 Å². The van der Waals surface area contributed by atoms with E-state index in [0.717, 1.165) is 16.7 Å². The number of carbonyl (C=O) groups is 1. The molecule has 0 heterocycles. The molecule has 0 saturated carbocycles. The Morgan fingerprint density at radius 1 is 0.955 bits per heavy atom. The molecule has 0 unspecified atom stereocenters. The van der Waals surface area contributed by atoms with Gasteiger partial charge in [0.15, 0.2) is 0 Å². The molecule has 1 aromatic carbocycles. The molecule has 3 nitrogen and oxygen atoms in total. The molecule has 0 spiro atoms. The summed E-state index contributed by atoms with van der Waals surface area (Å²) >= 11 is 0. The van der Waals surface area contributed by atoms with E-state index in [4.69, 9.17) is 4.74 Å². The number of methoxy groups -OCH3 is 1. The fraction of sp³-hybridized carbons (Fsp3) is 0.0526. The molecule has 0 saturated heterocycles. The van der Waals surface area contributed by atoms with E-state index in [0.29, 0.717) is 16.7 Å². The molecule has 0 N–H and O–H groups in total. The predicted octanol–water partition coefficient (Wildman–Crippen LogP) is 4.12. The Morgan fingerprint density at radius 2 is 1.55 bits per heavy atom. The van der Waals surface area contributed by atoms with Gasteiger partial charge in [-0.25, -0.2) is 4.79 Å². The SMILES string of the molecule is COC(=O)c1c2cccccc-2c(C#N)c1-c1ccccc1. The second kappa shape index (κ2) is 5.71. The van der Waals surface area contributed by atoms with Crippen molar-refractivity contribution in [3.8, 4) is 28.3 Å². The summed E-state index contributed by atoms with van der Waals surface area (Å²) in [5.74, 6) is -0.434. The number of ether oxygens (including phenoxy) is 1. The Labute approximate surface area is 128 Å². The van der Waals surface area contributed by atoms with Crippen LogP contribution in [0.25, 0.3) is 22.3 Å². The fourth-order valence-electron chi connectivity index (χ4n) is 2.70. The summed E-state index contributed by atoms with van der Waals surface area (Å²) in [5, 5.41) is 9.63. The van der Waals surface area contributed by atoms with Crippen LogP contribution in [0.1, 0.15) is 15.9 Å². The molecule has 3 heteroatoms. The Kier molecular flexibility index (Phi) is 3.59. The average molecular weight is 287 g/mol. The first-order valence-electron chi connectivity index (χ1n) is 6.86. The van der Waals surface area contributed by atoms with Gasteiger partial charge in [-0.2, -0.15) is 5.26 Å². The van der Waals surface area contributed by atoms with E-state index in [1.54, 1.807) is 0 Å². The molecule has 3 rings (SSSR count). The first-order chi connectivity index (χ1) is 10.8. The van der Waals surface area contributed by atoms with Crippen LogP contribution in [0.2, 0.25) is 0 Å². The zero-order valence-corrected chi connectivity index (χ0v) is 12.0. The van der Waals surface area contributed by atoms with Gasteiger partial charge in [0.1, 0.15) is 6.07 Å². The van der Waals surface area contributed by atoms with Gasteiger partial charge in [0.25, 0.3) is 0 Å². The molecule has 0 fully saturated rings. The molecule has 2 aliphatic rings. The van der Waals surface area contributed by atoms with E-state index >= 15 is 0 Å². The summed E-state index contributed by atoms with van der Waals surface area (Å²) in [6.07, 6.45) is 0. The van der Waals surface area contributed by atoms with Crippen molar-refractivity contribution < 1.29 is 9.53 Å². The summed E-state index contributed by atoms with van der Waals surface area (Å²) in [6, 6.07) is 21.0. The summed E-state index contributed by atoms with van der Waals surface area (Å²) in [7, 11) is 1.35. The summed E-state index contributed by atoms with van der Waals surface area (Å²) < 4.78 is 4.95. The van der Waals surface area contributed by atoms with E-state index in [-0.39, 0.29) is 0 Å². The van der Waals surface area contributed by atoms with Gasteiger partial charge in [0.05, 0.1) is 18.2 Å². The second-order valence-electron chi connectivity index (χ2n) is 4.83. The number of nitrogens with zero attached hydrogens (tertiary/aromatic N) is 1. The van der Waals surface area contributed by atoms with E-state index in [2.05, 4.69) is 6.07 Å². The van der Waals surface area contributed by atoms with Gasteiger partial charge in [-0.1, -0.05) is 60.7 Å². The molecular weight excluding hydrogens is 274 g/mol. The van der Waals surface area contributed by atoms with Crippen molar-refractivity contribution in [1.82, 2.24) is 0 Å². The number of benzene rings is 1. The van der Waals surface area contributed by atoms with Crippen molar-refractivity contribution in [2.24, 2.45) is 0 Å². The predicted molar refractivity (Wildman–Crippen MR) is 84.6 cm³/mol. The number of nitriles is 1. The Bertz CT molecular complexity index is 847. The highest BCUT2D eigenvalue weighted by atomic mass is 16.5. The zero-order chi connectivity index (χ0) is 15.5. The first kappa shape index (κ1) is 13.8.